The fourth-order valence-corrected chi connectivity index (χ4v) is 3.16. The third kappa shape index (κ3) is 4.47. The maximum Gasteiger partial charge on any atom is 0.319 e. The van der Waals surface area contributed by atoms with E-state index in [0.29, 0.717) is 28.6 Å². The van der Waals surface area contributed by atoms with E-state index in [0.717, 1.165) is 11.1 Å². The molecule has 0 fully saturated rings. The standard InChI is InChI=1S/C22H22ClN3O2/c1-22(2,3)20-18(12-24)19(25-21(27)26-20)15-6-10-17(11-7-15)28-13-14-4-8-16(23)9-5-14/h4-11,19H,13H2,1-3H3,(H2,25,26,27)/t19-/m1/s1. The summed E-state index contributed by atoms with van der Waals surface area (Å²) in [5, 5.41) is 16.0. The van der Waals surface area contributed by atoms with E-state index < -0.39 is 6.04 Å². The number of nitrogens with one attached hydrogen (secondary N) is 2. The van der Waals surface area contributed by atoms with E-state index in [1.165, 1.54) is 0 Å². The number of hydrogen-bond acceptors (Lipinski definition) is 3. The SMILES string of the molecule is CC(C)(C)C1=C(C#N)[C@@H](c2ccc(OCc3ccc(Cl)cc3)cc2)NC(=O)N1. The van der Waals surface area contributed by atoms with E-state index in [2.05, 4.69) is 16.7 Å². The average molecular weight is 396 g/mol. The summed E-state index contributed by atoms with van der Waals surface area (Å²) >= 11 is 5.89. The van der Waals surface area contributed by atoms with Gasteiger partial charge in [-0.25, -0.2) is 4.79 Å². The fraction of sp³-hybridized carbons (Fsp3) is 0.273. The molecule has 0 saturated heterocycles. The summed E-state index contributed by atoms with van der Waals surface area (Å²) in [6, 6.07) is 16.4. The second kappa shape index (κ2) is 7.95. The predicted octanol–water partition coefficient (Wildman–Crippen LogP) is 5.10. The maximum atomic E-state index is 12.1. The number of halogens is 1. The van der Waals surface area contributed by atoms with Gasteiger partial charge in [0.15, 0.2) is 0 Å². The van der Waals surface area contributed by atoms with Gasteiger partial charge in [0.25, 0.3) is 0 Å². The van der Waals surface area contributed by atoms with Crippen LogP contribution in [-0.4, -0.2) is 6.03 Å². The Kier molecular flexibility index (Phi) is 5.62. The summed E-state index contributed by atoms with van der Waals surface area (Å²) in [4.78, 5) is 12.1. The smallest absolute Gasteiger partial charge is 0.319 e. The third-order valence-electron chi connectivity index (χ3n) is 4.47. The third-order valence-corrected chi connectivity index (χ3v) is 4.73. The van der Waals surface area contributed by atoms with Gasteiger partial charge in [-0.3, -0.25) is 0 Å². The lowest BCUT2D eigenvalue weighted by Gasteiger charge is -2.33. The molecule has 144 valence electrons. The summed E-state index contributed by atoms with van der Waals surface area (Å²) in [5.74, 6) is 0.706. The lowest BCUT2D eigenvalue weighted by Crippen LogP contribution is -2.46. The highest BCUT2D eigenvalue weighted by molar-refractivity contribution is 6.30. The summed E-state index contributed by atoms with van der Waals surface area (Å²) in [6.07, 6.45) is 0. The highest BCUT2D eigenvalue weighted by Crippen LogP contribution is 2.34. The first kappa shape index (κ1) is 19.8. The molecule has 2 aromatic rings. The molecule has 0 aromatic heterocycles. The first-order valence-electron chi connectivity index (χ1n) is 8.97. The lowest BCUT2D eigenvalue weighted by atomic mass is 9.84. The molecule has 1 aliphatic heterocycles. The van der Waals surface area contributed by atoms with E-state index in [-0.39, 0.29) is 11.4 Å². The molecular weight excluding hydrogens is 374 g/mol. The zero-order chi connectivity index (χ0) is 20.3. The Hall–Kier alpha value is -2.97. The summed E-state index contributed by atoms with van der Waals surface area (Å²) in [7, 11) is 0. The van der Waals surface area contributed by atoms with Gasteiger partial charge in [0.1, 0.15) is 12.4 Å². The Bertz CT molecular complexity index is 936. The molecule has 2 N–H and O–H groups in total. The molecule has 5 nitrogen and oxygen atoms in total. The predicted molar refractivity (Wildman–Crippen MR) is 109 cm³/mol. The Morgan fingerprint density at radius 1 is 1.11 bits per heavy atom. The summed E-state index contributed by atoms with van der Waals surface area (Å²) in [6.45, 7) is 6.33. The zero-order valence-electron chi connectivity index (χ0n) is 16.0. The number of urea groups is 1. The van der Waals surface area contributed by atoms with Gasteiger partial charge in [-0.2, -0.15) is 5.26 Å². The number of hydrogen-bond donors (Lipinski definition) is 2. The molecule has 2 aromatic carbocycles. The Morgan fingerprint density at radius 2 is 1.75 bits per heavy atom. The summed E-state index contributed by atoms with van der Waals surface area (Å²) < 4.78 is 5.80. The van der Waals surface area contributed by atoms with Gasteiger partial charge >= 0.3 is 6.03 Å². The van der Waals surface area contributed by atoms with Gasteiger partial charge in [-0.15, -0.1) is 0 Å². The highest BCUT2D eigenvalue weighted by atomic mass is 35.5. The van der Waals surface area contributed by atoms with Crippen LogP contribution in [0.25, 0.3) is 0 Å². The van der Waals surface area contributed by atoms with Crippen molar-refractivity contribution in [3.8, 4) is 11.8 Å². The largest absolute Gasteiger partial charge is 0.489 e. The van der Waals surface area contributed by atoms with Gasteiger partial charge in [0.2, 0.25) is 0 Å². The Labute approximate surface area is 170 Å². The Balaban J connectivity index is 1.79. The van der Waals surface area contributed by atoms with Crippen LogP contribution in [-0.2, 0) is 6.61 Å². The van der Waals surface area contributed by atoms with Crippen molar-refractivity contribution in [1.29, 1.82) is 5.26 Å². The van der Waals surface area contributed by atoms with Crippen LogP contribution >= 0.6 is 11.6 Å². The number of carbonyl (C=O) groups is 1. The topological polar surface area (TPSA) is 74.1 Å². The molecule has 0 spiro atoms. The molecule has 3 rings (SSSR count). The normalized spacial score (nSPS) is 16.8. The van der Waals surface area contributed by atoms with Crippen LogP contribution < -0.4 is 15.4 Å². The molecule has 0 bridgehead atoms. The molecule has 1 aliphatic rings. The number of nitrogens with zero attached hydrogens (tertiary/aromatic N) is 1. The molecule has 1 heterocycles. The number of rotatable bonds is 4. The first-order valence-corrected chi connectivity index (χ1v) is 9.35. The molecule has 0 aliphatic carbocycles. The second-order valence-electron chi connectivity index (χ2n) is 7.67. The van der Waals surface area contributed by atoms with Crippen molar-refractivity contribution in [3.63, 3.8) is 0 Å². The van der Waals surface area contributed by atoms with Crippen molar-refractivity contribution >= 4 is 17.6 Å². The van der Waals surface area contributed by atoms with Crippen LogP contribution in [0.5, 0.6) is 5.75 Å². The molecular formula is C22H22ClN3O2. The molecule has 0 radical (unpaired) electrons. The van der Waals surface area contributed by atoms with Crippen LogP contribution in [0.2, 0.25) is 5.02 Å². The van der Waals surface area contributed by atoms with Gasteiger partial charge in [0.05, 0.1) is 17.7 Å². The van der Waals surface area contributed by atoms with Gasteiger partial charge in [-0.05, 0) is 35.4 Å². The fourth-order valence-electron chi connectivity index (χ4n) is 3.03. The van der Waals surface area contributed by atoms with Crippen molar-refractivity contribution < 1.29 is 9.53 Å². The number of amides is 2. The number of ether oxygens (including phenoxy) is 1. The molecule has 0 saturated carbocycles. The lowest BCUT2D eigenvalue weighted by molar-refractivity contribution is 0.235. The molecule has 28 heavy (non-hydrogen) atoms. The van der Waals surface area contributed by atoms with Crippen molar-refractivity contribution in [2.24, 2.45) is 5.41 Å². The van der Waals surface area contributed by atoms with Crippen molar-refractivity contribution in [2.45, 2.75) is 33.4 Å². The minimum Gasteiger partial charge on any atom is -0.489 e. The number of benzene rings is 2. The maximum absolute atomic E-state index is 12.1. The van der Waals surface area contributed by atoms with Gasteiger partial charge in [0, 0.05) is 16.1 Å². The number of nitriles is 1. The average Bonchev–Trinajstić information content (AvgIpc) is 2.66. The minimum absolute atomic E-state index is 0.308. The quantitative estimate of drug-likeness (QED) is 0.756. The van der Waals surface area contributed by atoms with E-state index in [9.17, 15) is 10.1 Å². The van der Waals surface area contributed by atoms with Crippen molar-refractivity contribution in [1.82, 2.24) is 10.6 Å². The van der Waals surface area contributed by atoms with Crippen LogP contribution in [0, 0.1) is 16.7 Å². The summed E-state index contributed by atoms with van der Waals surface area (Å²) in [5.41, 5.74) is 2.66. The number of allylic oxidation sites excluding steroid dienone is 1. The van der Waals surface area contributed by atoms with Crippen LogP contribution in [0.1, 0.15) is 37.9 Å². The van der Waals surface area contributed by atoms with E-state index in [4.69, 9.17) is 16.3 Å². The Morgan fingerprint density at radius 3 is 2.32 bits per heavy atom. The van der Waals surface area contributed by atoms with E-state index in [1.54, 1.807) is 0 Å². The van der Waals surface area contributed by atoms with Crippen LogP contribution in [0.3, 0.4) is 0 Å². The van der Waals surface area contributed by atoms with E-state index >= 15 is 0 Å². The molecule has 1 atom stereocenters. The van der Waals surface area contributed by atoms with Crippen LogP contribution in [0.15, 0.2) is 59.8 Å². The second-order valence-corrected chi connectivity index (χ2v) is 8.10. The highest BCUT2D eigenvalue weighted by Gasteiger charge is 2.33. The van der Waals surface area contributed by atoms with Gasteiger partial charge in [-0.1, -0.05) is 56.6 Å². The first-order chi connectivity index (χ1) is 13.3. The monoisotopic (exact) mass is 395 g/mol. The van der Waals surface area contributed by atoms with Gasteiger partial charge < -0.3 is 15.4 Å². The molecule has 2 amide bonds. The number of carbonyl (C=O) groups excluding carboxylic acids is 1. The zero-order valence-corrected chi connectivity index (χ0v) is 16.8. The van der Waals surface area contributed by atoms with Crippen LogP contribution in [0.4, 0.5) is 4.79 Å². The molecule has 0 unspecified atom stereocenters. The molecule has 6 heteroatoms. The van der Waals surface area contributed by atoms with Crippen molar-refractivity contribution in [2.75, 3.05) is 0 Å². The van der Waals surface area contributed by atoms with E-state index in [1.807, 2.05) is 69.3 Å². The minimum atomic E-state index is -0.488. The van der Waals surface area contributed by atoms with Crippen molar-refractivity contribution in [3.05, 3.63) is 76.0 Å².